The summed E-state index contributed by atoms with van der Waals surface area (Å²) in [7, 11) is -0.799. The maximum atomic E-state index is 13.0. The number of benzene rings is 1. The number of hydrogen-bond acceptors (Lipinski definition) is 2. The molecule has 0 radical (unpaired) electrons. The summed E-state index contributed by atoms with van der Waals surface area (Å²) in [5, 5.41) is 3.35. The van der Waals surface area contributed by atoms with E-state index in [2.05, 4.69) is 5.32 Å². The van der Waals surface area contributed by atoms with Gasteiger partial charge in [-0.2, -0.15) is 0 Å². The van der Waals surface area contributed by atoms with Crippen molar-refractivity contribution in [2.45, 2.75) is 25.6 Å². The summed E-state index contributed by atoms with van der Waals surface area (Å²) >= 11 is 0. The van der Waals surface area contributed by atoms with E-state index < -0.39 is 10.8 Å². The van der Waals surface area contributed by atoms with Crippen LogP contribution in [0.2, 0.25) is 0 Å². The van der Waals surface area contributed by atoms with Gasteiger partial charge in [-0.3, -0.25) is 4.21 Å². The predicted octanol–water partition coefficient (Wildman–Crippen LogP) is 1.99. The Kier molecular flexibility index (Phi) is 5.09. The molecule has 0 fully saturated rings. The molecule has 0 amide bonds. The topological polar surface area (TPSA) is 29.1 Å². The van der Waals surface area contributed by atoms with E-state index in [4.69, 9.17) is 0 Å². The molecule has 2 nitrogen and oxygen atoms in total. The molecule has 4 heteroatoms. The minimum atomic E-state index is -0.799. The van der Waals surface area contributed by atoms with E-state index in [0.29, 0.717) is 18.7 Å². The number of halogens is 1. The highest BCUT2D eigenvalue weighted by Gasteiger charge is 2.05. The molecule has 0 aliphatic rings. The van der Waals surface area contributed by atoms with E-state index in [1.165, 1.54) is 6.07 Å². The molecule has 1 rings (SSSR count). The molecule has 1 N–H and O–H groups in total. The standard InChI is InChI=1S/C12H18FNOS/c1-9-6-11(4-5-12(9)13)8-14-7-10(2)16(3)15/h4-6,10,14H,7-8H2,1-3H3. The Morgan fingerprint density at radius 1 is 1.50 bits per heavy atom. The van der Waals surface area contributed by atoms with E-state index in [9.17, 15) is 8.60 Å². The Labute approximate surface area is 98.7 Å². The van der Waals surface area contributed by atoms with Gasteiger partial charge < -0.3 is 5.32 Å². The highest BCUT2D eigenvalue weighted by Crippen LogP contribution is 2.08. The molecule has 1 aromatic rings. The third-order valence-electron chi connectivity index (χ3n) is 2.55. The van der Waals surface area contributed by atoms with Crippen molar-refractivity contribution in [3.05, 3.63) is 35.1 Å². The van der Waals surface area contributed by atoms with Gasteiger partial charge in [-0.1, -0.05) is 12.1 Å². The zero-order valence-electron chi connectivity index (χ0n) is 9.92. The second-order valence-electron chi connectivity index (χ2n) is 4.02. The molecule has 0 aliphatic heterocycles. The lowest BCUT2D eigenvalue weighted by atomic mass is 10.1. The summed E-state index contributed by atoms with van der Waals surface area (Å²) in [5.41, 5.74) is 1.71. The van der Waals surface area contributed by atoms with Gasteiger partial charge in [0.25, 0.3) is 0 Å². The summed E-state index contributed by atoms with van der Waals surface area (Å²) in [5.74, 6) is -0.174. The van der Waals surface area contributed by atoms with Crippen LogP contribution in [-0.4, -0.2) is 22.3 Å². The van der Waals surface area contributed by atoms with Crippen LogP contribution in [0.3, 0.4) is 0 Å². The van der Waals surface area contributed by atoms with E-state index in [1.807, 2.05) is 13.0 Å². The molecule has 2 atom stereocenters. The zero-order valence-corrected chi connectivity index (χ0v) is 10.7. The number of rotatable bonds is 5. The van der Waals surface area contributed by atoms with Crippen LogP contribution in [0.4, 0.5) is 4.39 Å². The fraction of sp³-hybridized carbons (Fsp3) is 0.500. The Morgan fingerprint density at radius 2 is 2.19 bits per heavy atom. The van der Waals surface area contributed by atoms with Crippen LogP contribution in [0.25, 0.3) is 0 Å². The SMILES string of the molecule is Cc1cc(CNCC(C)S(C)=O)ccc1F. The number of aryl methyl sites for hydroxylation is 1. The van der Waals surface area contributed by atoms with Crippen molar-refractivity contribution in [2.24, 2.45) is 0 Å². The molecule has 1 aromatic carbocycles. The Bertz CT molecular complexity index is 381. The molecule has 0 aliphatic carbocycles. The van der Waals surface area contributed by atoms with Gasteiger partial charge in [0, 0.05) is 35.4 Å². The Morgan fingerprint density at radius 3 is 2.75 bits per heavy atom. The van der Waals surface area contributed by atoms with Crippen LogP contribution in [0.5, 0.6) is 0 Å². The lowest BCUT2D eigenvalue weighted by Crippen LogP contribution is -2.27. The minimum Gasteiger partial charge on any atom is -0.311 e. The first-order valence-corrected chi connectivity index (χ1v) is 6.91. The molecule has 0 bridgehead atoms. The van der Waals surface area contributed by atoms with Gasteiger partial charge in [-0.15, -0.1) is 0 Å². The number of nitrogens with one attached hydrogen (secondary N) is 1. The third kappa shape index (κ3) is 4.02. The van der Waals surface area contributed by atoms with Gasteiger partial charge in [0.1, 0.15) is 5.82 Å². The third-order valence-corrected chi connectivity index (χ3v) is 3.85. The van der Waals surface area contributed by atoms with Gasteiger partial charge >= 0.3 is 0 Å². The molecule has 0 saturated heterocycles. The van der Waals surface area contributed by atoms with Crippen molar-refractivity contribution in [3.8, 4) is 0 Å². The molecule has 0 spiro atoms. The van der Waals surface area contributed by atoms with Crippen LogP contribution in [0, 0.1) is 12.7 Å². The second kappa shape index (κ2) is 6.11. The summed E-state index contributed by atoms with van der Waals surface area (Å²) in [6, 6.07) is 5.08. The summed E-state index contributed by atoms with van der Waals surface area (Å²) in [4.78, 5) is 0. The smallest absolute Gasteiger partial charge is 0.126 e. The van der Waals surface area contributed by atoms with Crippen LogP contribution >= 0.6 is 0 Å². The predicted molar refractivity (Wildman–Crippen MR) is 66.4 cm³/mol. The van der Waals surface area contributed by atoms with E-state index in [0.717, 1.165) is 5.56 Å². The maximum absolute atomic E-state index is 13.0. The van der Waals surface area contributed by atoms with E-state index >= 15 is 0 Å². The molecular weight excluding hydrogens is 225 g/mol. The van der Waals surface area contributed by atoms with Crippen LogP contribution < -0.4 is 5.32 Å². The highest BCUT2D eigenvalue weighted by atomic mass is 32.2. The van der Waals surface area contributed by atoms with Gasteiger partial charge in [0.05, 0.1) is 0 Å². The first-order chi connectivity index (χ1) is 7.50. The van der Waals surface area contributed by atoms with Gasteiger partial charge in [0.2, 0.25) is 0 Å². The number of hydrogen-bond donors (Lipinski definition) is 1. The van der Waals surface area contributed by atoms with Crippen molar-refractivity contribution >= 4 is 10.8 Å². The van der Waals surface area contributed by atoms with Crippen molar-refractivity contribution in [2.75, 3.05) is 12.8 Å². The maximum Gasteiger partial charge on any atom is 0.126 e. The van der Waals surface area contributed by atoms with Gasteiger partial charge in [-0.05, 0) is 31.0 Å². The monoisotopic (exact) mass is 243 g/mol. The average Bonchev–Trinajstić information content (AvgIpc) is 2.23. The highest BCUT2D eigenvalue weighted by molar-refractivity contribution is 7.84. The van der Waals surface area contributed by atoms with E-state index in [1.54, 1.807) is 19.2 Å². The normalized spacial score (nSPS) is 14.8. The van der Waals surface area contributed by atoms with Crippen LogP contribution in [0.15, 0.2) is 18.2 Å². The fourth-order valence-electron chi connectivity index (χ4n) is 1.35. The van der Waals surface area contributed by atoms with E-state index in [-0.39, 0.29) is 11.1 Å². The zero-order chi connectivity index (χ0) is 12.1. The first-order valence-electron chi connectivity index (χ1n) is 5.28. The quantitative estimate of drug-likeness (QED) is 0.857. The van der Waals surface area contributed by atoms with Crippen molar-refractivity contribution < 1.29 is 8.60 Å². The molecule has 90 valence electrons. The summed E-state index contributed by atoms with van der Waals surface area (Å²) in [6.45, 7) is 5.09. The van der Waals surface area contributed by atoms with Gasteiger partial charge in [0.15, 0.2) is 0 Å². The van der Waals surface area contributed by atoms with Crippen LogP contribution in [0.1, 0.15) is 18.1 Å². The van der Waals surface area contributed by atoms with Gasteiger partial charge in [-0.25, -0.2) is 4.39 Å². The minimum absolute atomic E-state index is 0.140. The van der Waals surface area contributed by atoms with Crippen molar-refractivity contribution in [3.63, 3.8) is 0 Å². The lowest BCUT2D eigenvalue weighted by Gasteiger charge is -2.10. The Balaban J connectivity index is 2.43. The second-order valence-corrected chi connectivity index (χ2v) is 5.83. The molecule has 0 heterocycles. The average molecular weight is 243 g/mol. The molecular formula is C12H18FNOS. The first kappa shape index (κ1) is 13.3. The molecule has 16 heavy (non-hydrogen) atoms. The van der Waals surface area contributed by atoms with Crippen LogP contribution in [-0.2, 0) is 17.3 Å². The molecule has 2 unspecified atom stereocenters. The fourth-order valence-corrected chi connectivity index (χ4v) is 1.71. The van der Waals surface area contributed by atoms with Crippen molar-refractivity contribution in [1.29, 1.82) is 0 Å². The summed E-state index contributed by atoms with van der Waals surface area (Å²) < 4.78 is 24.1. The Hall–Kier alpha value is -0.740. The molecule has 0 aromatic heterocycles. The largest absolute Gasteiger partial charge is 0.311 e. The summed E-state index contributed by atoms with van der Waals surface area (Å²) in [6.07, 6.45) is 1.70. The lowest BCUT2D eigenvalue weighted by molar-refractivity contribution is 0.614. The van der Waals surface area contributed by atoms with Crippen molar-refractivity contribution in [1.82, 2.24) is 5.32 Å². The molecule has 0 saturated carbocycles.